The Morgan fingerprint density at radius 1 is 1.03 bits per heavy atom. The van der Waals surface area contributed by atoms with Gasteiger partial charge in [-0.1, -0.05) is 46.3 Å². The number of hydrogen-bond acceptors (Lipinski definition) is 3. The molecule has 180 valence electrons. The Morgan fingerprint density at radius 3 is 2.37 bits per heavy atom. The van der Waals surface area contributed by atoms with Crippen LogP contribution in [0.4, 0.5) is 18.9 Å². The molecule has 0 atom stereocenters. The number of rotatable bonds is 6. The normalized spacial score (nSPS) is 11.4. The van der Waals surface area contributed by atoms with E-state index in [-0.39, 0.29) is 11.4 Å². The number of amides is 1. The van der Waals surface area contributed by atoms with Crippen LogP contribution in [0.3, 0.4) is 0 Å². The predicted octanol–water partition coefficient (Wildman–Crippen LogP) is 7.37. The smallest absolute Gasteiger partial charge is 0.416 e. The number of hydrogen-bond donors (Lipinski definition) is 1. The predicted molar refractivity (Wildman–Crippen MR) is 131 cm³/mol. The number of nitrogens with zero attached hydrogens (tertiary/aromatic N) is 2. The maximum atomic E-state index is 13.4. The van der Waals surface area contributed by atoms with Crippen molar-refractivity contribution in [3.63, 3.8) is 0 Å². The molecular weight excluding hydrogens is 523 g/mol. The molecule has 1 heterocycles. The van der Waals surface area contributed by atoms with E-state index >= 15 is 0 Å². The van der Waals surface area contributed by atoms with Gasteiger partial charge in [-0.25, -0.2) is 0 Å². The third kappa shape index (κ3) is 5.74. The summed E-state index contributed by atoms with van der Waals surface area (Å²) in [5, 5.41) is 7.07. The zero-order valence-electron chi connectivity index (χ0n) is 18.9. The first-order chi connectivity index (χ1) is 16.6. The Kier molecular flexibility index (Phi) is 6.98. The minimum absolute atomic E-state index is 0.0839. The average molecular weight is 544 g/mol. The lowest BCUT2D eigenvalue weighted by Gasteiger charge is -2.15. The lowest BCUT2D eigenvalue weighted by Crippen LogP contribution is -2.16. The molecule has 0 aliphatic carbocycles. The van der Waals surface area contributed by atoms with Crippen LogP contribution in [0.2, 0.25) is 0 Å². The van der Waals surface area contributed by atoms with Gasteiger partial charge in [-0.3, -0.25) is 9.48 Å². The molecule has 4 rings (SSSR count). The summed E-state index contributed by atoms with van der Waals surface area (Å²) in [6.45, 7) is 3.90. The first kappa shape index (κ1) is 24.5. The fraction of sp³-hybridized carbons (Fsp3) is 0.154. The molecule has 1 amide bonds. The second kappa shape index (κ2) is 9.95. The zero-order valence-corrected chi connectivity index (χ0v) is 20.4. The van der Waals surface area contributed by atoms with E-state index in [1.165, 1.54) is 6.07 Å². The van der Waals surface area contributed by atoms with Crippen LogP contribution in [0.25, 0.3) is 0 Å². The SMILES string of the molecule is Cc1nn(Cc2ccccc2)c(C)c1C(=O)Nc1cc(C(F)(F)F)ccc1Oc1ccc(Br)cc1. The summed E-state index contributed by atoms with van der Waals surface area (Å²) in [4.78, 5) is 13.2. The quantitative estimate of drug-likeness (QED) is 0.276. The third-order valence-electron chi connectivity index (χ3n) is 5.38. The highest BCUT2D eigenvalue weighted by Gasteiger charge is 2.32. The van der Waals surface area contributed by atoms with Crippen LogP contribution in [0.15, 0.2) is 77.3 Å². The van der Waals surface area contributed by atoms with E-state index in [4.69, 9.17) is 4.74 Å². The highest BCUT2D eigenvalue weighted by atomic mass is 79.9. The molecule has 0 aliphatic rings. The molecule has 0 saturated heterocycles. The fourth-order valence-corrected chi connectivity index (χ4v) is 3.91. The first-order valence-corrected chi connectivity index (χ1v) is 11.4. The van der Waals surface area contributed by atoms with Crippen molar-refractivity contribution >= 4 is 27.5 Å². The number of carbonyl (C=O) groups is 1. The van der Waals surface area contributed by atoms with E-state index in [0.717, 1.165) is 22.2 Å². The van der Waals surface area contributed by atoms with Crippen molar-refractivity contribution < 1.29 is 22.7 Å². The van der Waals surface area contributed by atoms with Gasteiger partial charge in [0.1, 0.15) is 5.75 Å². The molecular formula is C26H21BrF3N3O2. The molecule has 1 aromatic heterocycles. The summed E-state index contributed by atoms with van der Waals surface area (Å²) in [6.07, 6.45) is -4.58. The van der Waals surface area contributed by atoms with E-state index < -0.39 is 17.6 Å². The topological polar surface area (TPSA) is 56.2 Å². The van der Waals surface area contributed by atoms with Gasteiger partial charge < -0.3 is 10.1 Å². The molecule has 1 N–H and O–H groups in total. The van der Waals surface area contributed by atoms with Gasteiger partial charge in [-0.15, -0.1) is 0 Å². The molecule has 0 radical (unpaired) electrons. The van der Waals surface area contributed by atoms with Crippen LogP contribution in [0.1, 0.15) is 32.9 Å². The molecule has 0 bridgehead atoms. The maximum Gasteiger partial charge on any atom is 0.416 e. The summed E-state index contributed by atoms with van der Waals surface area (Å²) < 4.78 is 48.5. The Hall–Kier alpha value is -3.59. The van der Waals surface area contributed by atoms with E-state index in [1.54, 1.807) is 42.8 Å². The second-order valence-corrected chi connectivity index (χ2v) is 8.82. The monoisotopic (exact) mass is 543 g/mol. The molecule has 3 aromatic carbocycles. The third-order valence-corrected chi connectivity index (χ3v) is 5.91. The molecule has 0 fully saturated rings. The van der Waals surface area contributed by atoms with Crippen molar-refractivity contribution in [2.75, 3.05) is 5.32 Å². The van der Waals surface area contributed by atoms with Gasteiger partial charge >= 0.3 is 6.18 Å². The standard InChI is InChI=1S/C26H21BrF3N3O2/c1-16-24(17(2)33(32-16)15-18-6-4-3-5-7-18)25(34)31-22-14-19(26(28,29)30)8-13-23(22)35-21-11-9-20(27)10-12-21/h3-14H,15H2,1-2H3,(H,31,34). The van der Waals surface area contributed by atoms with Crippen LogP contribution in [-0.4, -0.2) is 15.7 Å². The number of anilines is 1. The molecule has 4 aromatic rings. The van der Waals surface area contributed by atoms with E-state index in [1.807, 2.05) is 30.3 Å². The van der Waals surface area contributed by atoms with Gasteiger partial charge in [0.25, 0.3) is 5.91 Å². The number of nitrogens with one attached hydrogen (secondary N) is 1. The summed E-state index contributed by atoms with van der Waals surface area (Å²) in [5.41, 5.74) is 1.39. The van der Waals surface area contributed by atoms with Crippen LogP contribution in [0, 0.1) is 13.8 Å². The molecule has 35 heavy (non-hydrogen) atoms. The van der Waals surface area contributed by atoms with Crippen molar-refractivity contribution in [2.24, 2.45) is 0 Å². The van der Waals surface area contributed by atoms with Crippen LogP contribution in [-0.2, 0) is 12.7 Å². The molecule has 0 spiro atoms. The summed E-state index contributed by atoms with van der Waals surface area (Å²) in [5.74, 6) is -0.0774. The van der Waals surface area contributed by atoms with Gasteiger partial charge in [0, 0.05) is 10.2 Å². The van der Waals surface area contributed by atoms with Crippen molar-refractivity contribution in [1.29, 1.82) is 0 Å². The molecule has 0 saturated carbocycles. The number of alkyl halides is 3. The molecule has 5 nitrogen and oxygen atoms in total. The van der Waals surface area contributed by atoms with E-state index in [2.05, 4.69) is 26.3 Å². The van der Waals surface area contributed by atoms with Gasteiger partial charge in [0.15, 0.2) is 5.75 Å². The van der Waals surface area contributed by atoms with E-state index in [9.17, 15) is 18.0 Å². The number of benzene rings is 3. The van der Waals surface area contributed by atoms with Gasteiger partial charge in [-0.2, -0.15) is 18.3 Å². The Morgan fingerprint density at radius 2 is 1.71 bits per heavy atom. The summed E-state index contributed by atoms with van der Waals surface area (Å²) in [7, 11) is 0. The number of halogens is 4. The fourth-order valence-electron chi connectivity index (χ4n) is 3.64. The molecule has 9 heteroatoms. The Bertz CT molecular complexity index is 1350. The highest BCUT2D eigenvalue weighted by molar-refractivity contribution is 9.10. The minimum Gasteiger partial charge on any atom is -0.455 e. The molecule has 0 unspecified atom stereocenters. The van der Waals surface area contributed by atoms with Crippen molar-refractivity contribution in [3.05, 3.63) is 105 Å². The van der Waals surface area contributed by atoms with E-state index in [0.29, 0.717) is 29.2 Å². The number of aromatic nitrogens is 2. The molecule has 0 aliphatic heterocycles. The van der Waals surface area contributed by atoms with Gasteiger partial charge in [0.05, 0.1) is 29.1 Å². The zero-order chi connectivity index (χ0) is 25.2. The Labute approximate surface area is 208 Å². The van der Waals surface area contributed by atoms with Gasteiger partial charge in [0.2, 0.25) is 0 Å². The lowest BCUT2D eigenvalue weighted by atomic mass is 10.1. The van der Waals surface area contributed by atoms with Crippen molar-refractivity contribution in [2.45, 2.75) is 26.6 Å². The van der Waals surface area contributed by atoms with Crippen LogP contribution < -0.4 is 10.1 Å². The van der Waals surface area contributed by atoms with Crippen LogP contribution in [0.5, 0.6) is 11.5 Å². The van der Waals surface area contributed by atoms with Crippen molar-refractivity contribution in [1.82, 2.24) is 9.78 Å². The summed E-state index contributed by atoms with van der Waals surface area (Å²) >= 11 is 3.33. The largest absolute Gasteiger partial charge is 0.455 e. The first-order valence-electron chi connectivity index (χ1n) is 10.7. The van der Waals surface area contributed by atoms with Crippen molar-refractivity contribution in [3.8, 4) is 11.5 Å². The Balaban J connectivity index is 1.65. The van der Waals surface area contributed by atoms with Gasteiger partial charge in [-0.05, 0) is 61.9 Å². The van der Waals surface area contributed by atoms with Crippen LogP contribution >= 0.6 is 15.9 Å². The number of carbonyl (C=O) groups excluding carboxylic acids is 1. The maximum absolute atomic E-state index is 13.4. The number of ether oxygens (including phenoxy) is 1. The summed E-state index contributed by atoms with van der Waals surface area (Å²) in [6, 6.07) is 19.4. The number of aryl methyl sites for hydroxylation is 1. The highest BCUT2D eigenvalue weighted by Crippen LogP contribution is 2.37. The lowest BCUT2D eigenvalue weighted by molar-refractivity contribution is -0.137. The second-order valence-electron chi connectivity index (χ2n) is 7.91. The minimum atomic E-state index is -4.58. The average Bonchev–Trinajstić information content (AvgIpc) is 3.09.